The van der Waals surface area contributed by atoms with E-state index in [1.54, 1.807) is 0 Å². The van der Waals surface area contributed by atoms with Gasteiger partial charge in [0, 0.05) is 112 Å². The van der Waals surface area contributed by atoms with Gasteiger partial charge in [0.15, 0.2) is 0 Å². The van der Waals surface area contributed by atoms with Crippen LogP contribution in [0.2, 0.25) is 0 Å². The van der Waals surface area contributed by atoms with E-state index in [-0.39, 0.29) is 0 Å². The topological polar surface area (TPSA) is 0 Å². The van der Waals surface area contributed by atoms with Gasteiger partial charge in [0.25, 0.3) is 0 Å². The Morgan fingerprint density at radius 2 is 0.495 bits per heavy atom. The molecule has 0 N–H and O–H groups in total. The van der Waals surface area contributed by atoms with Crippen molar-refractivity contribution in [3.05, 3.63) is 159 Å². The van der Waals surface area contributed by atoms with Gasteiger partial charge in [0.05, 0.1) is 0 Å². The summed E-state index contributed by atoms with van der Waals surface area (Å²) in [5, 5.41) is 2.30. The van der Waals surface area contributed by atoms with Crippen molar-refractivity contribution in [1.82, 2.24) is 0 Å². The summed E-state index contributed by atoms with van der Waals surface area (Å²) >= 11 is 24.0. The summed E-state index contributed by atoms with van der Waals surface area (Å²) in [4.78, 5) is 32.8. The van der Waals surface area contributed by atoms with Crippen molar-refractivity contribution < 1.29 is 0 Å². The normalized spacial score (nSPS) is 11.9. The number of rotatable bonds is 38. The summed E-state index contributed by atoms with van der Waals surface area (Å²) in [7, 11) is 0. The quantitative estimate of drug-likeness (QED) is 0.0338. The van der Waals surface area contributed by atoms with Crippen LogP contribution in [0.15, 0.2) is 121 Å². The maximum absolute atomic E-state index is 2.59. The minimum absolute atomic E-state index is 1.12. The molecule has 0 aromatic carbocycles. The first-order valence-electron chi connectivity index (χ1n) is 35.7. The zero-order valence-corrected chi connectivity index (χ0v) is 66.7. The Balaban J connectivity index is 0.793. The van der Waals surface area contributed by atoms with Crippen LogP contribution in [0.25, 0.3) is 113 Å². The van der Waals surface area contributed by atoms with Crippen LogP contribution in [0.4, 0.5) is 0 Å². The predicted octanol–water partition coefficient (Wildman–Crippen LogP) is 33.0. The molecular formula is C83H94S12. The van der Waals surface area contributed by atoms with Gasteiger partial charge in [-0.25, -0.2) is 0 Å². The van der Waals surface area contributed by atoms with E-state index in [1.807, 2.05) is 136 Å². The van der Waals surface area contributed by atoms with Gasteiger partial charge in [-0.3, -0.25) is 0 Å². The van der Waals surface area contributed by atoms with Crippen LogP contribution < -0.4 is 0 Å². The maximum atomic E-state index is 2.59. The van der Waals surface area contributed by atoms with E-state index >= 15 is 0 Å². The van der Waals surface area contributed by atoms with E-state index in [1.165, 1.54) is 287 Å². The zero-order chi connectivity index (χ0) is 65.5. The van der Waals surface area contributed by atoms with E-state index in [9.17, 15) is 0 Å². The molecule has 0 aliphatic rings. The van der Waals surface area contributed by atoms with Gasteiger partial charge in [-0.1, -0.05) is 138 Å². The second-order valence-corrected chi connectivity index (χ2v) is 38.3. The molecule has 0 unspecified atom stereocenters. The third-order valence-electron chi connectivity index (χ3n) is 18.1. The molecule has 0 saturated carbocycles. The van der Waals surface area contributed by atoms with E-state index < -0.39 is 0 Å². The predicted molar refractivity (Wildman–Crippen MR) is 444 cm³/mol. The number of aryl methyl sites for hydroxylation is 6. The molecule has 0 fully saturated rings. The van der Waals surface area contributed by atoms with Gasteiger partial charge in [0.2, 0.25) is 0 Å². The molecule has 0 aliphatic heterocycles. The lowest BCUT2D eigenvalue weighted by Crippen LogP contribution is -1.85. The average molecular weight is 1480 g/mol. The van der Waals surface area contributed by atoms with Gasteiger partial charge < -0.3 is 0 Å². The molecule has 0 radical (unpaired) electrons. The number of thiophene rings is 12. The SMILES string of the molecule is C/C=C/c1cc(CCCCCC)c(-c2ccc(-c3ccc(-c4sc(-c5cc(CCCC)c(-c6ccc(-c7ccc(-c8sc(-c9cc(CCCCCC)c(-c%10ccc(-c%11ccc(-c%12sccc%12CCCCCC)s%11)s%10)s9)cc8CCCC)s7)s6)s5)cc4CCCCCC)s3)s2)s1. The molecule has 0 bridgehead atoms. The minimum atomic E-state index is 1.12. The first kappa shape index (κ1) is 71.0. The summed E-state index contributed by atoms with van der Waals surface area (Å²) < 4.78 is 0. The van der Waals surface area contributed by atoms with Gasteiger partial charge >= 0.3 is 0 Å². The van der Waals surface area contributed by atoms with Gasteiger partial charge in [-0.2, -0.15) is 0 Å². The molecule has 0 amide bonds. The first-order chi connectivity index (χ1) is 46.8. The highest BCUT2D eigenvalue weighted by Gasteiger charge is 2.24. The van der Waals surface area contributed by atoms with Crippen molar-refractivity contribution >= 4 is 142 Å². The van der Waals surface area contributed by atoms with Crippen molar-refractivity contribution in [2.24, 2.45) is 0 Å². The van der Waals surface area contributed by atoms with Crippen LogP contribution in [-0.4, -0.2) is 0 Å². The fourth-order valence-corrected chi connectivity index (χ4v) is 27.2. The summed E-state index contributed by atoms with van der Waals surface area (Å²) in [5.41, 5.74) is 9.17. The monoisotopic (exact) mass is 1470 g/mol. The lowest BCUT2D eigenvalue weighted by Gasteiger charge is -2.02. The molecule has 0 spiro atoms. The summed E-state index contributed by atoms with van der Waals surface area (Å²) in [6.07, 6.45) is 36.8. The van der Waals surface area contributed by atoms with E-state index in [0.717, 1.165) is 25.7 Å². The van der Waals surface area contributed by atoms with Crippen LogP contribution in [-0.2, 0) is 38.5 Å². The Labute approximate surface area is 617 Å². The highest BCUT2D eigenvalue weighted by atomic mass is 32.1. The molecule has 0 saturated heterocycles. The molecule has 0 aliphatic carbocycles. The molecule has 0 atom stereocenters. The smallest absolute Gasteiger partial charge is 0.0481 e. The summed E-state index contributed by atoms with van der Waals surface area (Å²) in [6.45, 7) is 16.1. The molecule has 0 nitrogen and oxygen atoms in total. The van der Waals surface area contributed by atoms with Gasteiger partial charge in [0.1, 0.15) is 0 Å². The molecule has 12 rings (SSSR count). The number of allylic oxidation sites excluding steroid dienone is 1. The van der Waals surface area contributed by atoms with Crippen molar-refractivity contribution in [1.29, 1.82) is 0 Å². The molecule has 12 aromatic heterocycles. The van der Waals surface area contributed by atoms with Crippen LogP contribution in [0.5, 0.6) is 0 Å². The molecule has 12 heterocycles. The lowest BCUT2D eigenvalue weighted by molar-refractivity contribution is 0.668. The van der Waals surface area contributed by atoms with Crippen molar-refractivity contribution in [2.75, 3.05) is 0 Å². The Morgan fingerprint density at radius 3 is 0.800 bits per heavy atom. The maximum Gasteiger partial charge on any atom is 0.0481 e. The van der Waals surface area contributed by atoms with Gasteiger partial charge in [-0.15, -0.1) is 136 Å². The lowest BCUT2D eigenvalue weighted by atomic mass is 10.1. The third kappa shape index (κ3) is 17.7. The Morgan fingerprint density at radius 1 is 0.232 bits per heavy atom. The molecule has 95 heavy (non-hydrogen) atoms. The number of unbranched alkanes of at least 4 members (excludes halogenated alkanes) is 14. The van der Waals surface area contributed by atoms with E-state index in [2.05, 4.69) is 175 Å². The Bertz CT molecular complexity index is 4340. The van der Waals surface area contributed by atoms with Crippen molar-refractivity contribution in [2.45, 2.75) is 215 Å². The second-order valence-electron chi connectivity index (χ2n) is 25.6. The van der Waals surface area contributed by atoms with Gasteiger partial charge in [-0.05, 0) is 238 Å². The zero-order valence-electron chi connectivity index (χ0n) is 56.9. The highest BCUT2D eigenvalue weighted by Crippen LogP contribution is 2.53. The fraction of sp³-hybridized carbons (Fsp3) is 0.398. The third-order valence-corrected chi connectivity index (χ3v) is 33.5. The first-order valence-corrected chi connectivity index (χ1v) is 45.6. The minimum Gasteiger partial charge on any atom is -0.143 e. The molecule has 12 heteroatoms. The average Bonchev–Trinajstić information content (AvgIpc) is 1.64. The van der Waals surface area contributed by atoms with E-state index in [4.69, 9.17) is 0 Å². The van der Waals surface area contributed by atoms with Crippen LogP contribution in [0.1, 0.15) is 215 Å². The van der Waals surface area contributed by atoms with Crippen LogP contribution in [0.3, 0.4) is 0 Å². The molecule has 12 aromatic rings. The van der Waals surface area contributed by atoms with Crippen LogP contribution >= 0.6 is 136 Å². The Hall–Kier alpha value is -3.86. The summed E-state index contributed by atoms with van der Waals surface area (Å²) in [5.74, 6) is 0. The second kappa shape index (κ2) is 35.5. The number of hydrogen-bond acceptors (Lipinski definition) is 12. The molecule has 498 valence electrons. The highest BCUT2D eigenvalue weighted by molar-refractivity contribution is 7.33. The van der Waals surface area contributed by atoms with Crippen molar-refractivity contribution in [3.63, 3.8) is 0 Å². The molecular weight excluding hydrogens is 1380 g/mol. The van der Waals surface area contributed by atoms with Crippen LogP contribution in [0, 0.1) is 0 Å². The van der Waals surface area contributed by atoms with E-state index in [0.29, 0.717) is 0 Å². The van der Waals surface area contributed by atoms with Crippen molar-refractivity contribution in [3.8, 4) is 107 Å². The fourth-order valence-electron chi connectivity index (χ4n) is 12.9. The Kier molecular flexibility index (Phi) is 26.5. The standard InChI is InChI=1S/C83H94S12/c1-8-15-21-25-32-55-48-49-84-78(55)68-42-36-62(86-68)63-38-46-72(88-63)82-59(34-27-23-17-10-3)53-76(94-82)74-51-57(30-19-12-5)80(92-74)70-44-39-66(89-70)67-40-45-71(90-67)81-58(31-20-13-6)52-75(93-81)77-54-60(35-28-24-18-11-4)83(95-77)73-47-41-65(91-73)64-37-43-69(87-64)79-56(33-26-22-16-9-2)50-61(85-79)29-14-7/h14,29,36-54H,8-13,15-28,30-35H2,1-7H3/b29-14+. The number of hydrogen-bond donors (Lipinski definition) is 0. The summed E-state index contributed by atoms with van der Waals surface area (Å²) in [6, 6.07) is 44.1. The largest absolute Gasteiger partial charge is 0.143 e.